The Labute approximate surface area is 115 Å². The molecule has 3 heteroatoms. The van der Waals surface area contributed by atoms with Crippen molar-refractivity contribution >= 4 is 12.4 Å². The van der Waals surface area contributed by atoms with Crippen LogP contribution < -0.4 is 5.32 Å². The van der Waals surface area contributed by atoms with Gasteiger partial charge in [-0.2, -0.15) is 0 Å². The summed E-state index contributed by atoms with van der Waals surface area (Å²) < 4.78 is 5.80. The second kappa shape index (κ2) is 6.07. The van der Waals surface area contributed by atoms with Crippen molar-refractivity contribution < 1.29 is 4.42 Å². The molecule has 0 radical (unpaired) electrons. The molecule has 0 atom stereocenters. The van der Waals surface area contributed by atoms with Gasteiger partial charge in [0.25, 0.3) is 0 Å². The van der Waals surface area contributed by atoms with E-state index in [0.29, 0.717) is 0 Å². The summed E-state index contributed by atoms with van der Waals surface area (Å²) in [6, 6.07) is 14.2. The molecule has 0 aliphatic carbocycles. The zero-order valence-electron chi connectivity index (χ0n) is 11.1. The van der Waals surface area contributed by atoms with Gasteiger partial charge in [0.15, 0.2) is 0 Å². The Morgan fingerprint density at radius 2 is 1.67 bits per heavy atom. The molecule has 2 rings (SSSR count). The lowest BCUT2D eigenvalue weighted by Gasteiger charge is -2.19. The summed E-state index contributed by atoms with van der Waals surface area (Å²) in [6.45, 7) is 7.20. The Morgan fingerprint density at radius 3 is 2.28 bits per heavy atom. The van der Waals surface area contributed by atoms with Gasteiger partial charge in [-0.15, -0.1) is 12.4 Å². The van der Waals surface area contributed by atoms with Crippen molar-refractivity contribution in [3.63, 3.8) is 0 Å². The summed E-state index contributed by atoms with van der Waals surface area (Å²) in [7, 11) is 0. The van der Waals surface area contributed by atoms with Gasteiger partial charge < -0.3 is 9.73 Å². The number of rotatable bonds is 3. The van der Waals surface area contributed by atoms with Crippen molar-refractivity contribution in [2.45, 2.75) is 32.9 Å². The minimum Gasteiger partial charge on any atom is -0.460 e. The summed E-state index contributed by atoms with van der Waals surface area (Å²) in [5, 5.41) is 3.41. The lowest BCUT2D eigenvalue weighted by molar-refractivity contribution is 0.391. The highest BCUT2D eigenvalue weighted by molar-refractivity contribution is 5.85. The average molecular weight is 266 g/mol. The molecule has 0 aliphatic rings. The van der Waals surface area contributed by atoms with Gasteiger partial charge in [-0.05, 0) is 32.9 Å². The first kappa shape index (κ1) is 14.8. The Kier molecular flexibility index (Phi) is 5.00. The Balaban J connectivity index is 0.00000162. The van der Waals surface area contributed by atoms with Crippen molar-refractivity contribution in [2.24, 2.45) is 0 Å². The fraction of sp³-hybridized carbons (Fsp3) is 0.333. The van der Waals surface area contributed by atoms with E-state index in [0.717, 1.165) is 23.6 Å². The molecule has 2 aromatic rings. The lowest BCUT2D eigenvalue weighted by Crippen LogP contribution is -2.34. The van der Waals surface area contributed by atoms with Crippen molar-refractivity contribution in [1.29, 1.82) is 0 Å². The van der Waals surface area contributed by atoms with Crippen molar-refractivity contribution in [2.75, 3.05) is 0 Å². The van der Waals surface area contributed by atoms with E-state index in [1.807, 2.05) is 30.3 Å². The molecular weight excluding hydrogens is 246 g/mol. The van der Waals surface area contributed by atoms with Gasteiger partial charge in [-0.1, -0.05) is 30.3 Å². The Morgan fingerprint density at radius 1 is 1.00 bits per heavy atom. The molecule has 1 aromatic carbocycles. The molecule has 2 nitrogen and oxygen atoms in total. The monoisotopic (exact) mass is 265 g/mol. The molecule has 0 bridgehead atoms. The molecule has 1 heterocycles. The molecule has 18 heavy (non-hydrogen) atoms. The molecular formula is C15H20ClNO. The number of halogens is 1. The van der Waals surface area contributed by atoms with Crippen molar-refractivity contribution in [1.82, 2.24) is 5.32 Å². The van der Waals surface area contributed by atoms with Crippen LogP contribution in [0.4, 0.5) is 0 Å². The first-order chi connectivity index (χ1) is 8.04. The predicted molar refractivity (Wildman–Crippen MR) is 78.0 cm³/mol. The molecule has 0 fully saturated rings. The van der Waals surface area contributed by atoms with E-state index in [4.69, 9.17) is 4.42 Å². The second-order valence-electron chi connectivity index (χ2n) is 5.24. The van der Waals surface area contributed by atoms with Crippen LogP contribution in [0.1, 0.15) is 26.5 Å². The average Bonchev–Trinajstić information content (AvgIpc) is 2.75. The maximum atomic E-state index is 5.80. The zero-order valence-corrected chi connectivity index (χ0v) is 11.9. The van der Waals surface area contributed by atoms with E-state index < -0.39 is 0 Å². The second-order valence-corrected chi connectivity index (χ2v) is 5.24. The maximum absolute atomic E-state index is 5.80. The first-order valence-corrected chi connectivity index (χ1v) is 5.94. The van der Waals surface area contributed by atoms with Crippen LogP contribution in [0.3, 0.4) is 0 Å². The smallest absolute Gasteiger partial charge is 0.134 e. The van der Waals surface area contributed by atoms with Gasteiger partial charge in [-0.3, -0.25) is 0 Å². The van der Waals surface area contributed by atoms with Gasteiger partial charge >= 0.3 is 0 Å². The number of hydrogen-bond acceptors (Lipinski definition) is 2. The number of nitrogens with one attached hydrogen (secondary N) is 1. The molecule has 1 N–H and O–H groups in total. The van der Waals surface area contributed by atoms with E-state index in [2.05, 4.69) is 38.2 Å². The van der Waals surface area contributed by atoms with Crippen LogP contribution in [0, 0.1) is 0 Å². The van der Waals surface area contributed by atoms with Crippen molar-refractivity contribution in [3.8, 4) is 11.3 Å². The molecule has 0 amide bonds. The van der Waals surface area contributed by atoms with E-state index in [9.17, 15) is 0 Å². The van der Waals surface area contributed by atoms with Crippen LogP contribution in [-0.4, -0.2) is 5.54 Å². The van der Waals surface area contributed by atoms with Gasteiger partial charge in [0.2, 0.25) is 0 Å². The van der Waals surface area contributed by atoms with Crippen molar-refractivity contribution in [3.05, 3.63) is 48.2 Å². The van der Waals surface area contributed by atoms with Crippen LogP contribution in [0.25, 0.3) is 11.3 Å². The van der Waals surface area contributed by atoms with E-state index in [1.165, 1.54) is 0 Å². The molecule has 0 unspecified atom stereocenters. The van der Waals surface area contributed by atoms with Crippen LogP contribution in [-0.2, 0) is 6.54 Å². The standard InChI is InChI=1S/C15H19NO.ClH/c1-15(2,3)16-11-13-9-10-14(17-13)12-7-5-4-6-8-12;/h4-10,16H,11H2,1-3H3;1H. The normalized spacial score (nSPS) is 11.1. The van der Waals surface area contributed by atoms with Gasteiger partial charge in [0.1, 0.15) is 11.5 Å². The quantitative estimate of drug-likeness (QED) is 0.897. The topological polar surface area (TPSA) is 25.2 Å². The zero-order chi connectivity index (χ0) is 12.3. The summed E-state index contributed by atoms with van der Waals surface area (Å²) in [5.74, 6) is 1.90. The summed E-state index contributed by atoms with van der Waals surface area (Å²) in [6.07, 6.45) is 0. The summed E-state index contributed by atoms with van der Waals surface area (Å²) in [4.78, 5) is 0. The van der Waals surface area contributed by atoms with Crippen LogP contribution in [0.2, 0.25) is 0 Å². The van der Waals surface area contributed by atoms with Crippen LogP contribution in [0.15, 0.2) is 46.9 Å². The van der Waals surface area contributed by atoms with Gasteiger partial charge in [-0.25, -0.2) is 0 Å². The largest absolute Gasteiger partial charge is 0.460 e. The molecule has 0 aliphatic heterocycles. The number of furan rings is 1. The Hall–Kier alpha value is -1.25. The lowest BCUT2D eigenvalue weighted by atomic mass is 10.1. The first-order valence-electron chi connectivity index (χ1n) is 5.94. The third-order valence-electron chi connectivity index (χ3n) is 2.51. The van der Waals surface area contributed by atoms with Crippen LogP contribution in [0.5, 0.6) is 0 Å². The predicted octanol–water partition coefficient (Wildman–Crippen LogP) is 4.26. The minimum atomic E-state index is 0. The van der Waals surface area contributed by atoms with Crippen LogP contribution >= 0.6 is 12.4 Å². The highest BCUT2D eigenvalue weighted by atomic mass is 35.5. The maximum Gasteiger partial charge on any atom is 0.134 e. The third kappa shape index (κ3) is 4.21. The number of hydrogen-bond donors (Lipinski definition) is 1. The highest BCUT2D eigenvalue weighted by Gasteiger charge is 2.10. The molecule has 0 saturated heterocycles. The third-order valence-corrected chi connectivity index (χ3v) is 2.51. The van der Waals surface area contributed by atoms with Gasteiger partial charge in [0.05, 0.1) is 6.54 Å². The summed E-state index contributed by atoms with van der Waals surface area (Å²) >= 11 is 0. The summed E-state index contributed by atoms with van der Waals surface area (Å²) in [5.41, 5.74) is 1.23. The molecule has 98 valence electrons. The molecule has 0 saturated carbocycles. The minimum absolute atomic E-state index is 0. The van der Waals surface area contributed by atoms with E-state index in [-0.39, 0.29) is 17.9 Å². The fourth-order valence-electron chi connectivity index (χ4n) is 1.58. The number of benzene rings is 1. The Bertz CT molecular complexity index is 471. The van der Waals surface area contributed by atoms with E-state index >= 15 is 0 Å². The fourth-order valence-corrected chi connectivity index (χ4v) is 1.58. The van der Waals surface area contributed by atoms with E-state index in [1.54, 1.807) is 0 Å². The van der Waals surface area contributed by atoms with Gasteiger partial charge in [0, 0.05) is 11.1 Å². The molecule has 1 aromatic heterocycles. The molecule has 0 spiro atoms. The highest BCUT2D eigenvalue weighted by Crippen LogP contribution is 2.21. The SMILES string of the molecule is CC(C)(C)NCc1ccc(-c2ccccc2)o1.Cl.